The van der Waals surface area contributed by atoms with Gasteiger partial charge in [0.2, 0.25) is 11.8 Å². The fourth-order valence-corrected chi connectivity index (χ4v) is 3.37. The van der Waals surface area contributed by atoms with E-state index in [1.54, 1.807) is 0 Å². The molecule has 1 heterocycles. The minimum absolute atomic E-state index is 0.00986. The molecule has 3 atom stereocenters. The average Bonchev–Trinajstić information content (AvgIpc) is 2.72. The molecule has 2 fully saturated rings. The van der Waals surface area contributed by atoms with Crippen molar-refractivity contribution >= 4 is 11.8 Å². The second-order valence-corrected chi connectivity index (χ2v) is 6.26. The standard InChI is InChI=1S/C13H23N3O2/c1-13(2,6-10(14)17)16-12(18)11-9-5-3-4-8(9)7-15-11/h8-9,11,15H,3-7H2,1-2H3,(H2,14,17)(H,16,18). The molecule has 4 N–H and O–H groups in total. The number of amides is 2. The Kier molecular flexibility index (Phi) is 3.61. The zero-order valence-corrected chi connectivity index (χ0v) is 11.2. The van der Waals surface area contributed by atoms with E-state index in [1.807, 2.05) is 13.8 Å². The van der Waals surface area contributed by atoms with E-state index in [0.717, 1.165) is 13.0 Å². The molecular weight excluding hydrogens is 230 g/mol. The summed E-state index contributed by atoms with van der Waals surface area (Å²) in [7, 11) is 0. The Bertz CT molecular complexity index is 354. The summed E-state index contributed by atoms with van der Waals surface area (Å²) in [5, 5.41) is 6.25. The lowest BCUT2D eigenvalue weighted by Crippen LogP contribution is -2.53. The van der Waals surface area contributed by atoms with Crippen LogP contribution in [-0.4, -0.2) is 29.9 Å². The number of carbonyl (C=O) groups is 2. The maximum Gasteiger partial charge on any atom is 0.237 e. The van der Waals surface area contributed by atoms with E-state index in [2.05, 4.69) is 10.6 Å². The Balaban J connectivity index is 1.93. The lowest BCUT2D eigenvalue weighted by atomic mass is 9.92. The van der Waals surface area contributed by atoms with Crippen LogP contribution in [0.1, 0.15) is 39.5 Å². The van der Waals surface area contributed by atoms with E-state index in [-0.39, 0.29) is 18.4 Å². The molecule has 2 amide bonds. The first-order chi connectivity index (χ1) is 8.39. The first-order valence-electron chi connectivity index (χ1n) is 6.73. The summed E-state index contributed by atoms with van der Waals surface area (Å²) < 4.78 is 0. The molecule has 2 aliphatic rings. The lowest BCUT2D eigenvalue weighted by Gasteiger charge is -2.28. The van der Waals surface area contributed by atoms with Crippen LogP contribution in [0.2, 0.25) is 0 Å². The normalized spacial score (nSPS) is 31.1. The zero-order chi connectivity index (χ0) is 13.3. The monoisotopic (exact) mass is 253 g/mol. The lowest BCUT2D eigenvalue weighted by molar-refractivity contribution is -0.126. The van der Waals surface area contributed by atoms with Gasteiger partial charge in [-0.15, -0.1) is 0 Å². The van der Waals surface area contributed by atoms with Gasteiger partial charge in [-0.05, 0) is 45.1 Å². The van der Waals surface area contributed by atoms with Gasteiger partial charge >= 0.3 is 0 Å². The van der Waals surface area contributed by atoms with Crippen LogP contribution >= 0.6 is 0 Å². The summed E-state index contributed by atoms with van der Waals surface area (Å²) >= 11 is 0. The zero-order valence-electron chi connectivity index (χ0n) is 11.2. The molecule has 18 heavy (non-hydrogen) atoms. The number of nitrogens with one attached hydrogen (secondary N) is 2. The second-order valence-electron chi connectivity index (χ2n) is 6.26. The van der Waals surface area contributed by atoms with Crippen LogP contribution in [0.4, 0.5) is 0 Å². The van der Waals surface area contributed by atoms with Gasteiger partial charge < -0.3 is 16.4 Å². The van der Waals surface area contributed by atoms with E-state index in [0.29, 0.717) is 11.8 Å². The molecule has 1 saturated heterocycles. The van der Waals surface area contributed by atoms with E-state index in [1.165, 1.54) is 12.8 Å². The molecule has 0 aromatic carbocycles. The number of carbonyl (C=O) groups excluding carboxylic acids is 2. The molecule has 1 aliphatic carbocycles. The Morgan fingerprint density at radius 2 is 2.11 bits per heavy atom. The summed E-state index contributed by atoms with van der Waals surface area (Å²) in [5.74, 6) is 0.739. The number of rotatable bonds is 4. The molecular formula is C13H23N3O2. The van der Waals surface area contributed by atoms with Gasteiger partial charge in [0.15, 0.2) is 0 Å². The minimum Gasteiger partial charge on any atom is -0.370 e. The molecule has 0 aromatic heterocycles. The number of fused-ring (bicyclic) bond motifs is 1. The maximum absolute atomic E-state index is 12.3. The smallest absolute Gasteiger partial charge is 0.237 e. The summed E-state index contributed by atoms with van der Waals surface area (Å²) in [6, 6.07) is -0.0929. The van der Waals surface area contributed by atoms with Crippen LogP contribution in [0.15, 0.2) is 0 Å². The van der Waals surface area contributed by atoms with Crippen molar-refractivity contribution in [2.75, 3.05) is 6.54 Å². The van der Waals surface area contributed by atoms with Crippen LogP contribution in [0, 0.1) is 11.8 Å². The largest absolute Gasteiger partial charge is 0.370 e. The molecule has 0 aromatic rings. The third kappa shape index (κ3) is 2.83. The van der Waals surface area contributed by atoms with Crippen molar-refractivity contribution in [3.05, 3.63) is 0 Å². The van der Waals surface area contributed by atoms with Gasteiger partial charge in [-0.2, -0.15) is 0 Å². The third-order valence-electron chi connectivity index (χ3n) is 4.11. The Morgan fingerprint density at radius 1 is 1.39 bits per heavy atom. The molecule has 3 unspecified atom stereocenters. The van der Waals surface area contributed by atoms with E-state index in [9.17, 15) is 9.59 Å². The van der Waals surface area contributed by atoms with E-state index in [4.69, 9.17) is 5.73 Å². The topological polar surface area (TPSA) is 84.2 Å². The Labute approximate surface area is 108 Å². The fourth-order valence-electron chi connectivity index (χ4n) is 3.37. The first-order valence-corrected chi connectivity index (χ1v) is 6.73. The molecule has 5 nitrogen and oxygen atoms in total. The molecule has 0 spiro atoms. The SMILES string of the molecule is CC(C)(CC(N)=O)NC(=O)C1NCC2CCCC21. The van der Waals surface area contributed by atoms with Gasteiger partial charge in [0.25, 0.3) is 0 Å². The Morgan fingerprint density at radius 3 is 2.78 bits per heavy atom. The highest BCUT2D eigenvalue weighted by Gasteiger charge is 2.43. The second kappa shape index (κ2) is 4.88. The van der Waals surface area contributed by atoms with Gasteiger partial charge in [0, 0.05) is 12.0 Å². The number of hydrogen-bond acceptors (Lipinski definition) is 3. The fraction of sp³-hybridized carbons (Fsp3) is 0.846. The van der Waals surface area contributed by atoms with Crippen molar-refractivity contribution in [2.24, 2.45) is 17.6 Å². The van der Waals surface area contributed by atoms with Crippen molar-refractivity contribution in [3.8, 4) is 0 Å². The highest BCUT2D eigenvalue weighted by atomic mass is 16.2. The minimum atomic E-state index is -0.568. The van der Waals surface area contributed by atoms with Crippen molar-refractivity contribution < 1.29 is 9.59 Å². The van der Waals surface area contributed by atoms with Crippen LogP contribution in [0.5, 0.6) is 0 Å². The van der Waals surface area contributed by atoms with Crippen LogP contribution in [0.3, 0.4) is 0 Å². The predicted octanol–water partition coefficient (Wildman–Crippen LogP) is 0.145. The van der Waals surface area contributed by atoms with Gasteiger partial charge in [0.1, 0.15) is 0 Å². The van der Waals surface area contributed by atoms with Gasteiger partial charge in [0.05, 0.1) is 6.04 Å². The van der Waals surface area contributed by atoms with Crippen LogP contribution in [-0.2, 0) is 9.59 Å². The van der Waals surface area contributed by atoms with Crippen molar-refractivity contribution in [1.82, 2.24) is 10.6 Å². The van der Waals surface area contributed by atoms with Crippen LogP contribution < -0.4 is 16.4 Å². The molecule has 0 radical (unpaired) electrons. The molecule has 1 aliphatic heterocycles. The van der Waals surface area contributed by atoms with Crippen LogP contribution in [0.25, 0.3) is 0 Å². The molecule has 2 rings (SSSR count). The van der Waals surface area contributed by atoms with Gasteiger partial charge in [-0.3, -0.25) is 9.59 Å². The molecule has 1 saturated carbocycles. The third-order valence-corrected chi connectivity index (χ3v) is 4.11. The average molecular weight is 253 g/mol. The van der Waals surface area contributed by atoms with Crippen molar-refractivity contribution in [1.29, 1.82) is 0 Å². The van der Waals surface area contributed by atoms with E-state index >= 15 is 0 Å². The summed E-state index contributed by atoms with van der Waals surface area (Å²) in [6.07, 6.45) is 3.75. The number of nitrogens with two attached hydrogens (primary N) is 1. The first kappa shape index (κ1) is 13.3. The molecule has 5 heteroatoms. The van der Waals surface area contributed by atoms with Crippen molar-refractivity contribution in [2.45, 2.75) is 51.1 Å². The summed E-state index contributed by atoms with van der Waals surface area (Å²) in [6.45, 7) is 4.60. The summed E-state index contributed by atoms with van der Waals surface area (Å²) in [4.78, 5) is 23.2. The summed E-state index contributed by atoms with van der Waals surface area (Å²) in [5.41, 5.74) is 4.62. The molecule has 102 valence electrons. The van der Waals surface area contributed by atoms with E-state index < -0.39 is 11.4 Å². The maximum atomic E-state index is 12.3. The highest BCUT2D eigenvalue weighted by molar-refractivity contribution is 5.84. The predicted molar refractivity (Wildman–Crippen MR) is 68.7 cm³/mol. The number of hydrogen-bond donors (Lipinski definition) is 3. The van der Waals surface area contributed by atoms with Crippen molar-refractivity contribution in [3.63, 3.8) is 0 Å². The van der Waals surface area contributed by atoms with Gasteiger partial charge in [-0.1, -0.05) is 6.42 Å². The Hall–Kier alpha value is -1.10. The number of primary amides is 1. The highest BCUT2D eigenvalue weighted by Crippen LogP contribution is 2.37. The molecule has 0 bridgehead atoms. The van der Waals surface area contributed by atoms with Gasteiger partial charge in [-0.25, -0.2) is 0 Å². The quantitative estimate of drug-likeness (QED) is 0.666.